The predicted molar refractivity (Wildman–Crippen MR) is 133 cm³/mol. The van der Waals surface area contributed by atoms with Gasteiger partial charge in [0, 0.05) is 30.4 Å². The summed E-state index contributed by atoms with van der Waals surface area (Å²) in [7, 11) is 1.60. The summed E-state index contributed by atoms with van der Waals surface area (Å²) in [5.41, 5.74) is 3.28. The molecule has 1 aromatic heterocycles. The van der Waals surface area contributed by atoms with Crippen LogP contribution in [0, 0.1) is 10.1 Å². The van der Waals surface area contributed by atoms with Crippen LogP contribution in [0.1, 0.15) is 29.6 Å². The molecule has 0 radical (unpaired) electrons. The fourth-order valence-electron chi connectivity index (χ4n) is 4.24. The van der Waals surface area contributed by atoms with E-state index >= 15 is 0 Å². The summed E-state index contributed by atoms with van der Waals surface area (Å²) < 4.78 is 5.18. The third kappa shape index (κ3) is 4.63. The minimum atomic E-state index is -0.430. The third-order valence-corrected chi connectivity index (χ3v) is 6.07. The molecule has 10 heteroatoms. The number of methoxy groups -OCH3 is 1. The summed E-state index contributed by atoms with van der Waals surface area (Å²) in [4.78, 5) is 27.7. The molecule has 0 atom stereocenters. The molecule has 178 valence electrons. The number of aromatic nitrogens is 3. The minimum Gasteiger partial charge on any atom is -0.497 e. The molecule has 1 N–H and O–H groups in total. The van der Waals surface area contributed by atoms with Gasteiger partial charge in [0.25, 0.3) is 11.6 Å². The van der Waals surface area contributed by atoms with Crippen LogP contribution in [0.5, 0.6) is 5.75 Å². The first-order chi connectivity index (χ1) is 17.0. The summed E-state index contributed by atoms with van der Waals surface area (Å²) in [6.07, 6.45) is 3.14. The zero-order valence-corrected chi connectivity index (χ0v) is 19.2. The summed E-state index contributed by atoms with van der Waals surface area (Å²) in [5, 5.41) is 23.5. The van der Waals surface area contributed by atoms with Crippen molar-refractivity contribution in [2.45, 2.75) is 19.3 Å². The average molecular weight is 473 g/mol. The van der Waals surface area contributed by atoms with Crippen molar-refractivity contribution < 1.29 is 14.5 Å². The van der Waals surface area contributed by atoms with Gasteiger partial charge in [0.1, 0.15) is 22.5 Å². The number of nitro groups is 1. The molecule has 0 bridgehead atoms. The molecule has 3 aromatic carbocycles. The van der Waals surface area contributed by atoms with Crippen molar-refractivity contribution in [3.05, 3.63) is 76.3 Å². The van der Waals surface area contributed by atoms with Crippen LogP contribution in [-0.2, 0) is 0 Å². The van der Waals surface area contributed by atoms with E-state index < -0.39 is 10.8 Å². The van der Waals surface area contributed by atoms with Crippen LogP contribution >= 0.6 is 0 Å². The maximum Gasteiger partial charge on any atom is 0.293 e. The van der Waals surface area contributed by atoms with E-state index in [1.165, 1.54) is 10.9 Å². The van der Waals surface area contributed by atoms with Crippen molar-refractivity contribution in [3.8, 4) is 11.4 Å². The number of benzene rings is 3. The molecule has 0 aliphatic carbocycles. The predicted octanol–water partition coefficient (Wildman–Crippen LogP) is 4.58. The Labute approximate surface area is 201 Å². The van der Waals surface area contributed by atoms with E-state index in [1.54, 1.807) is 37.4 Å². The number of carbonyl (C=O) groups excluding carboxylic acids is 1. The van der Waals surface area contributed by atoms with Crippen molar-refractivity contribution in [2.24, 2.45) is 0 Å². The van der Waals surface area contributed by atoms with Gasteiger partial charge in [0.05, 0.1) is 17.7 Å². The molecule has 1 fully saturated rings. The monoisotopic (exact) mass is 472 g/mol. The molecular formula is C25H24N6O4. The van der Waals surface area contributed by atoms with Gasteiger partial charge < -0.3 is 15.0 Å². The second-order valence-electron chi connectivity index (χ2n) is 8.35. The lowest BCUT2D eigenvalue weighted by atomic mass is 10.1. The smallest absolute Gasteiger partial charge is 0.293 e. The molecule has 0 unspecified atom stereocenters. The van der Waals surface area contributed by atoms with Crippen LogP contribution in [0.4, 0.5) is 17.1 Å². The Bertz CT molecular complexity index is 1390. The van der Waals surface area contributed by atoms with Gasteiger partial charge in [-0.3, -0.25) is 14.9 Å². The minimum absolute atomic E-state index is 0.0579. The van der Waals surface area contributed by atoms with Crippen LogP contribution in [0.25, 0.3) is 16.7 Å². The molecule has 5 rings (SSSR count). The van der Waals surface area contributed by atoms with E-state index in [1.807, 2.05) is 29.2 Å². The van der Waals surface area contributed by atoms with Crippen LogP contribution in [0.15, 0.2) is 60.7 Å². The van der Waals surface area contributed by atoms with Gasteiger partial charge in [0.15, 0.2) is 0 Å². The Hall–Kier alpha value is -4.47. The van der Waals surface area contributed by atoms with Crippen molar-refractivity contribution in [1.29, 1.82) is 0 Å². The van der Waals surface area contributed by atoms with Crippen molar-refractivity contribution >= 4 is 34.0 Å². The first-order valence-corrected chi connectivity index (χ1v) is 11.4. The quantitative estimate of drug-likeness (QED) is 0.323. The zero-order chi connectivity index (χ0) is 24.4. The number of rotatable bonds is 6. The molecule has 2 heterocycles. The Morgan fingerprint density at radius 1 is 0.971 bits per heavy atom. The number of amides is 1. The van der Waals surface area contributed by atoms with Crippen LogP contribution < -0.4 is 15.0 Å². The number of carbonyl (C=O) groups is 1. The largest absolute Gasteiger partial charge is 0.497 e. The summed E-state index contributed by atoms with van der Waals surface area (Å²) >= 11 is 0. The fourth-order valence-corrected chi connectivity index (χ4v) is 4.24. The second kappa shape index (κ2) is 9.41. The number of hydrogen-bond acceptors (Lipinski definition) is 7. The van der Waals surface area contributed by atoms with Crippen LogP contribution in [0.2, 0.25) is 0 Å². The number of ether oxygens (including phenoxy) is 1. The van der Waals surface area contributed by atoms with Crippen molar-refractivity contribution in [2.75, 3.05) is 30.4 Å². The fraction of sp³-hybridized carbons (Fsp3) is 0.240. The Balaban J connectivity index is 1.36. The molecule has 35 heavy (non-hydrogen) atoms. The summed E-state index contributed by atoms with van der Waals surface area (Å²) in [5.74, 6) is 0.305. The molecule has 1 aliphatic rings. The molecule has 4 aromatic rings. The Kier molecular flexibility index (Phi) is 6.01. The van der Waals surface area contributed by atoms with Crippen LogP contribution in [-0.4, -0.2) is 46.0 Å². The number of anilines is 2. The van der Waals surface area contributed by atoms with Gasteiger partial charge in [-0.1, -0.05) is 0 Å². The number of hydrogen-bond donors (Lipinski definition) is 1. The maximum absolute atomic E-state index is 12.9. The van der Waals surface area contributed by atoms with E-state index in [0.29, 0.717) is 22.4 Å². The van der Waals surface area contributed by atoms with E-state index in [0.717, 1.165) is 43.8 Å². The van der Waals surface area contributed by atoms with Gasteiger partial charge in [-0.05, 0) is 73.9 Å². The molecule has 1 saturated heterocycles. The Morgan fingerprint density at radius 2 is 1.71 bits per heavy atom. The summed E-state index contributed by atoms with van der Waals surface area (Å²) in [6.45, 7) is 1.56. The SMILES string of the molecule is COc1ccc(-n2nc3ccc(NC(=O)c4ccc(N5CCCCC5)c([N+](=O)[O-])c4)cc3n2)cc1. The average Bonchev–Trinajstić information content (AvgIpc) is 3.32. The zero-order valence-electron chi connectivity index (χ0n) is 19.2. The highest BCUT2D eigenvalue weighted by Crippen LogP contribution is 2.31. The third-order valence-electron chi connectivity index (χ3n) is 6.07. The van der Waals surface area contributed by atoms with Gasteiger partial charge in [0.2, 0.25) is 0 Å². The van der Waals surface area contributed by atoms with Gasteiger partial charge in [-0.2, -0.15) is 4.80 Å². The normalized spacial score (nSPS) is 13.6. The topological polar surface area (TPSA) is 115 Å². The molecule has 0 spiro atoms. The van der Waals surface area contributed by atoms with E-state index in [9.17, 15) is 14.9 Å². The molecule has 1 amide bonds. The number of piperidine rings is 1. The first-order valence-electron chi connectivity index (χ1n) is 11.4. The number of nitrogens with one attached hydrogen (secondary N) is 1. The van der Waals surface area contributed by atoms with Crippen molar-refractivity contribution in [1.82, 2.24) is 15.0 Å². The molecule has 0 saturated carbocycles. The Morgan fingerprint density at radius 3 is 2.43 bits per heavy atom. The highest BCUT2D eigenvalue weighted by molar-refractivity contribution is 6.05. The lowest BCUT2D eigenvalue weighted by Gasteiger charge is -2.28. The highest BCUT2D eigenvalue weighted by atomic mass is 16.6. The van der Waals surface area contributed by atoms with Crippen molar-refractivity contribution in [3.63, 3.8) is 0 Å². The maximum atomic E-state index is 12.9. The lowest BCUT2D eigenvalue weighted by molar-refractivity contribution is -0.384. The standard InChI is InChI=1S/C25H24N6O4/c1-35-20-9-7-19(8-10-20)30-27-21-11-6-18(16-22(21)28-30)26-25(32)17-5-12-23(24(15-17)31(33)34)29-13-3-2-4-14-29/h5-12,15-16H,2-4,13-14H2,1H3,(H,26,32). The van der Waals surface area contributed by atoms with Gasteiger partial charge in [-0.15, -0.1) is 10.2 Å². The second-order valence-corrected chi connectivity index (χ2v) is 8.35. The van der Waals surface area contributed by atoms with E-state index in [2.05, 4.69) is 15.5 Å². The number of nitro benzene ring substituents is 1. The molecule has 10 nitrogen and oxygen atoms in total. The lowest BCUT2D eigenvalue weighted by Crippen LogP contribution is -2.30. The van der Waals surface area contributed by atoms with Crippen LogP contribution in [0.3, 0.4) is 0 Å². The van der Waals surface area contributed by atoms with Gasteiger partial charge in [-0.25, -0.2) is 0 Å². The molecule has 1 aliphatic heterocycles. The number of fused-ring (bicyclic) bond motifs is 1. The van der Waals surface area contributed by atoms with Gasteiger partial charge >= 0.3 is 0 Å². The van der Waals surface area contributed by atoms with E-state index in [4.69, 9.17) is 4.74 Å². The first kappa shape index (κ1) is 22.3. The highest BCUT2D eigenvalue weighted by Gasteiger charge is 2.23. The summed E-state index contributed by atoms with van der Waals surface area (Å²) in [6, 6.07) is 17.2. The molecular weight excluding hydrogens is 448 g/mol. The number of nitrogens with zero attached hydrogens (tertiary/aromatic N) is 5. The van der Waals surface area contributed by atoms with E-state index in [-0.39, 0.29) is 11.3 Å².